The maximum absolute atomic E-state index is 11.3. The number of amides is 1. The molecule has 0 unspecified atom stereocenters. The molecular formula is C18H15ClN2O2. The number of aryl methyl sites for hydroxylation is 1. The van der Waals surface area contributed by atoms with Gasteiger partial charge < -0.3 is 0 Å². The number of fused-ring (bicyclic) bond motifs is 1. The molecule has 0 spiro atoms. The van der Waals surface area contributed by atoms with Crippen LogP contribution in [0.1, 0.15) is 12.0 Å². The zero-order valence-electron chi connectivity index (χ0n) is 12.3. The predicted molar refractivity (Wildman–Crippen MR) is 90.4 cm³/mol. The number of nitrogens with zero attached hydrogens (tertiary/aromatic N) is 1. The molecule has 3 rings (SSSR count). The van der Waals surface area contributed by atoms with E-state index in [1.807, 2.05) is 54.6 Å². The first-order chi connectivity index (χ1) is 11.2. The number of hydrogen-bond acceptors (Lipinski definition) is 3. The quantitative estimate of drug-likeness (QED) is 0.563. The number of nitrogens with one attached hydrogen (secondary N) is 1. The summed E-state index contributed by atoms with van der Waals surface area (Å²) in [6, 6.07) is 17.3. The van der Waals surface area contributed by atoms with Crippen molar-refractivity contribution in [3.63, 3.8) is 0 Å². The van der Waals surface area contributed by atoms with Gasteiger partial charge in [0.25, 0.3) is 0 Å². The van der Waals surface area contributed by atoms with Crippen LogP contribution in [0.5, 0.6) is 0 Å². The van der Waals surface area contributed by atoms with Crippen LogP contribution in [0.2, 0.25) is 5.02 Å². The molecule has 1 aromatic heterocycles. The monoisotopic (exact) mass is 326 g/mol. The van der Waals surface area contributed by atoms with Crippen molar-refractivity contribution in [2.45, 2.75) is 12.8 Å². The molecule has 3 aromatic rings. The summed E-state index contributed by atoms with van der Waals surface area (Å²) in [6.45, 7) is 0. The van der Waals surface area contributed by atoms with Gasteiger partial charge in [0.15, 0.2) is 0 Å². The Balaban J connectivity index is 2.08. The van der Waals surface area contributed by atoms with Crippen molar-refractivity contribution in [3.8, 4) is 11.3 Å². The first-order valence-corrected chi connectivity index (χ1v) is 7.63. The van der Waals surface area contributed by atoms with Crippen LogP contribution in [0.3, 0.4) is 0 Å². The van der Waals surface area contributed by atoms with Crippen LogP contribution < -0.4 is 5.48 Å². The molecule has 0 atom stereocenters. The van der Waals surface area contributed by atoms with Gasteiger partial charge in [-0.25, -0.2) is 10.5 Å². The van der Waals surface area contributed by atoms with E-state index >= 15 is 0 Å². The van der Waals surface area contributed by atoms with Crippen molar-refractivity contribution < 1.29 is 10.0 Å². The number of aromatic nitrogens is 1. The summed E-state index contributed by atoms with van der Waals surface area (Å²) in [4.78, 5) is 16.0. The Morgan fingerprint density at radius 2 is 1.96 bits per heavy atom. The number of rotatable bonds is 4. The number of para-hydroxylation sites is 1. The fourth-order valence-electron chi connectivity index (χ4n) is 2.55. The van der Waals surface area contributed by atoms with Crippen molar-refractivity contribution in [1.82, 2.24) is 10.5 Å². The highest BCUT2D eigenvalue weighted by Crippen LogP contribution is 2.27. The molecule has 0 saturated carbocycles. The van der Waals surface area contributed by atoms with E-state index in [1.165, 1.54) is 0 Å². The third-order valence-electron chi connectivity index (χ3n) is 3.67. The van der Waals surface area contributed by atoms with E-state index in [0.717, 1.165) is 27.7 Å². The van der Waals surface area contributed by atoms with E-state index in [-0.39, 0.29) is 6.42 Å². The van der Waals surface area contributed by atoms with Crippen molar-refractivity contribution in [3.05, 3.63) is 65.2 Å². The van der Waals surface area contributed by atoms with Gasteiger partial charge in [0.05, 0.1) is 11.2 Å². The molecule has 0 aliphatic heterocycles. The van der Waals surface area contributed by atoms with Crippen LogP contribution in [0.25, 0.3) is 22.2 Å². The number of halogens is 1. The zero-order valence-corrected chi connectivity index (χ0v) is 13.0. The van der Waals surface area contributed by atoms with Gasteiger partial charge in [-0.1, -0.05) is 41.9 Å². The first kappa shape index (κ1) is 15.5. The highest BCUT2D eigenvalue weighted by molar-refractivity contribution is 6.30. The van der Waals surface area contributed by atoms with Crippen LogP contribution in [-0.2, 0) is 11.2 Å². The molecular weight excluding hydrogens is 312 g/mol. The SMILES string of the molecule is O=C(CCc1cc(-c2cccc(Cl)c2)nc2ccccc12)NO. The Morgan fingerprint density at radius 3 is 2.74 bits per heavy atom. The number of hydroxylamine groups is 1. The molecule has 0 aliphatic carbocycles. The molecule has 0 bridgehead atoms. The third-order valence-corrected chi connectivity index (χ3v) is 3.90. The van der Waals surface area contributed by atoms with Crippen molar-refractivity contribution in [2.75, 3.05) is 0 Å². The number of carbonyl (C=O) groups is 1. The lowest BCUT2D eigenvalue weighted by atomic mass is 10.0. The standard InChI is InChI=1S/C18H15ClN2O2/c19-14-5-3-4-13(10-14)17-11-12(8-9-18(22)21-23)15-6-1-2-7-16(15)20-17/h1-7,10-11,23H,8-9H2,(H,21,22). The van der Waals surface area contributed by atoms with Crippen molar-refractivity contribution in [2.24, 2.45) is 0 Å². The molecule has 23 heavy (non-hydrogen) atoms. The minimum Gasteiger partial charge on any atom is -0.289 e. The topological polar surface area (TPSA) is 62.2 Å². The fourth-order valence-corrected chi connectivity index (χ4v) is 2.74. The highest BCUT2D eigenvalue weighted by Gasteiger charge is 2.09. The van der Waals surface area contributed by atoms with Crippen LogP contribution in [-0.4, -0.2) is 16.1 Å². The van der Waals surface area contributed by atoms with Crippen molar-refractivity contribution >= 4 is 28.4 Å². The van der Waals surface area contributed by atoms with E-state index in [2.05, 4.69) is 4.98 Å². The van der Waals surface area contributed by atoms with Crippen LogP contribution in [0, 0.1) is 0 Å². The summed E-state index contributed by atoms with van der Waals surface area (Å²) in [5.74, 6) is -0.407. The average Bonchev–Trinajstić information content (AvgIpc) is 2.59. The number of carbonyl (C=O) groups excluding carboxylic acids is 1. The van der Waals surface area contributed by atoms with E-state index < -0.39 is 5.91 Å². The summed E-state index contributed by atoms with van der Waals surface area (Å²) < 4.78 is 0. The van der Waals surface area contributed by atoms with Gasteiger partial charge in [0, 0.05) is 22.4 Å². The molecule has 2 N–H and O–H groups in total. The maximum atomic E-state index is 11.3. The third kappa shape index (κ3) is 3.50. The van der Waals surface area contributed by atoms with E-state index in [0.29, 0.717) is 11.4 Å². The summed E-state index contributed by atoms with van der Waals surface area (Å²) in [5.41, 5.74) is 5.28. The molecule has 2 aromatic carbocycles. The largest absolute Gasteiger partial charge is 0.289 e. The van der Waals surface area contributed by atoms with Gasteiger partial charge in [0.1, 0.15) is 0 Å². The smallest absolute Gasteiger partial charge is 0.243 e. The van der Waals surface area contributed by atoms with Crippen LogP contribution >= 0.6 is 11.6 Å². The van der Waals surface area contributed by atoms with E-state index in [9.17, 15) is 4.79 Å². The number of pyridine rings is 1. The minimum absolute atomic E-state index is 0.208. The molecule has 0 aliphatic rings. The average molecular weight is 327 g/mol. The maximum Gasteiger partial charge on any atom is 0.243 e. The normalized spacial score (nSPS) is 10.7. The Labute approximate surface area is 138 Å². The Morgan fingerprint density at radius 1 is 1.13 bits per heavy atom. The lowest BCUT2D eigenvalue weighted by Gasteiger charge is -2.10. The molecule has 0 fully saturated rings. The summed E-state index contributed by atoms with van der Waals surface area (Å²) in [6.07, 6.45) is 0.725. The molecule has 1 amide bonds. The second-order valence-corrected chi connectivity index (χ2v) is 5.67. The lowest BCUT2D eigenvalue weighted by molar-refractivity contribution is -0.129. The molecule has 116 valence electrons. The van der Waals surface area contributed by atoms with E-state index in [4.69, 9.17) is 16.8 Å². The second kappa shape index (κ2) is 6.77. The highest BCUT2D eigenvalue weighted by atomic mass is 35.5. The molecule has 5 heteroatoms. The van der Waals surface area contributed by atoms with Gasteiger partial charge in [-0.2, -0.15) is 0 Å². The summed E-state index contributed by atoms with van der Waals surface area (Å²) in [5, 5.41) is 10.3. The van der Waals surface area contributed by atoms with Gasteiger partial charge in [-0.3, -0.25) is 10.0 Å². The second-order valence-electron chi connectivity index (χ2n) is 5.23. The molecule has 1 heterocycles. The summed E-state index contributed by atoms with van der Waals surface area (Å²) >= 11 is 6.07. The summed E-state index contributed by atoms with van der Waals surface area (Å²) in [7, 11) is 0. The number of hydrogen-bond donors (Lipinski definition) is 2. The molecule has 0 radical (unpaired) electrons. The van der Waals surface area contributed by atoms with Gasteiger partial charge in [-0.05, 0) is 36.2 Å². The number of benzene rings is 2. The predicted octanol–water partition coefficient (Wildman–Crippen LogP) is 3.99. The Bertz CT molecular complexity index is 865. The van der Waals surface area contributed by atoms with Gasteiger partial charge >= 0.3 is 0 Å². The zero-order chi connectivity index (χ0) is 16.2. The van der Waals surface area contributed by atoms with Gasteiger partial charge in [-0.15, -0.1) is 0 Å². The van der Waals surface area contributed by atoms with Crippen LogP contribution in [0.15, 0.2) is 54.6 Å². The van der Waals surface area contributed by atoms with Gasteiger partial charge in [0.2, 0.25) is 5.91 Å². The first-order valence-electron chi connectivity index (χ1n) is 7.25. The molecule has 4 nitrogen and oxygen atoms in total. The minimum atomic E-state index is -0.407. The fraction of sp³-hybridized carbons (Fsp3) is 0.111. The van der Waals surface area contributed by atoms with Crippen LogP contribution in [0.4, 0.5) is 0 Å². The van der Waals surface area contributed by atoms with E-state index in [1.54, 1.807) is 5.48 Å². The van der Waals surface area contributed by atoms with Crippen molar-refractivity contribution in [1.29, 1.82) is 0 Å². The molecule has 0 saturated heterocycles. The Hall–Kier alpha value is -2.43. The Kier molecular flexibility index (Phi) is 4.55. The lowest BCUT2D eigenvalue weighted by Crippen LogP contribution is -2.18.